The minimum Gasteiger partial charge on any atom is -0.480 e. The van der Waals surface area contributed by atoms with Gasteiger partial charge in [0.25, 0.3) is 0 Å². The number of fused-ring (bicyclic) bond motifs is 1. The molecule has 12 heteroatoms. The highest BCUT2D eigenvalue weighted by molar-refractivity contribution is 5.96. The van der Waals surface area contributed by atoms with Crippen molar-refractivity contribution in [1.82, 2.24) is 20.5 Å². The molecule has 8 N–H and O–H groups in total. The molecule has 2 aromatic rings. The van der Waals surface area contributed by atoms with E-state index in [2.05, 4.69) is 15.6 Å². The molecule has 12 nitrogen and oxygen atoms in total. The summed E-state index contributed by atoms with van der Waals surface area (Å²) in [5.74, 6) is -4.13. The second-order valence-electron chi connectivity index (χ2n) is 9.65. The van der Waals surface area contributed by atoms with E-state index in [1.54, 1.807) is 20.0 Å². The maximum Gasteiger partial charge on any atom is 0.326 e. The summed E-state index contributed by atoms with van der Waals surface area (Å²) < 4.78 is 0. The summed E-state index contributed by atoms with van der Waals surface area (Å²) in [5.41, 5.74) is 12.8. The molecule has 3 rings (SSSR count). The third-order valence-electron chi connectivity index (χ3n) is 6.59. The predicted octanol–water partition coefficient (Wildman–Crippen LogP) is -0.386. The molecule has 4 atom stereocenters. The number of carboxylic acids is 1. The van der Waals surface area contributed by atoms with Gasteiger partial charge < -0.3 is 37.1 Å². The van der Waals surface area contributed by atoms with Gasteiger partial charge in [-0.2, -0.15) is 0 Å². The molecule has 200 valence electrons. The van der Waals surface area contributed by atoms with Gasteiger partial charge in [-0.1, -0.05) is 32.0 Å². The van der Waals surface area contributed by atoms with Gasteiger partial charge in [0.2, 0.25) is 23.6 Å². The summed E-state index contributed by atoms with van der Waals surface area (Å²) in [5, 5.41) is 15.5. The molecule has 1 aliphatic rings. The maximum atomic E-state index is 13.1. The number of carboxylic acid groups (broad SMARTS) is 1. The second kappa shape index (κ2) is 11.9. The van der Waals surface area contributed by atoms with Crippen LogP contribution in [0.15, 0.2) is 30.5 Å². The maximum absolute atomic E-state index is 13.1. The Morgan fingerprint density at radius 3 is 2.49 bits per heavy atom. The number of nitrogens with one attached hydrogen (secondary N) is 3. The normalized spacial score (nSPS) is 17.8. The van der Waals surface area contributed by atoms with Crippen molar-refractivity contribution in [2.24, 2.45) is 17.4 Å². The van der Waals surface area contributed by atoms with E-state index in [0.29, 0.717) is 24.9 Å². The Morgan fingerprint density at radius 1 is 1.14 bits per heavy atom. The van der Waals surface area contributed by atoms with Crippen LogP contribution >= 0.6 is 0 Å². The van der Waals surface area contributed by atoms with Crippen molar-refractivity contribution in [3.05, 3.63) is 36.0 Å². The van der Waals surface area contributed by atoms with Crippen molar-refractivity contribution in [1.29, 1.82) is 0 Å². The number of nitrogens with two attached hydrogens (primary N) is 2. The molecule has 1 aliphatic heterocycles. The number of primary amides is 1. The number of aromatic amines is 1. The Labute approximate surface area is 214 Å². The topological polar surface area (TPSA) is 201 Å². The summed E-state index contributed by atoms with van der Waals surface area (Å²) >= 11 is 0. The molecule has 1 saturated heterocycles. The molecule has 1 aromatic carbocycles. The minimum atomic E-state index is -1.41. The van der Waals surface area contributed by atoms with E-state index in [4.69, 9.17) is 11.5 Å². The van der Waals surface area contributed by atoms with Gasteiger partial charge in [0.05, 0.1) is 12.5 Å². The first-order valence-corrected chi connectivity index (χ1v) is 12.2. The number of rotatable bonds is 11. The predicted molar refractivity (Wildman–Crippen MR) is 135 cm³/mol. The molecule has 4 amide bonds. The van der Waals surface area contributed by atoms with Crippen molar-refractivity contribution in [2.75, 3.05) is 6.54 Å². The number of carbonyl (C=O) groups excluding carboxylic acids is 4. The quantitative estimate of drug-likeness (QED) is 0.234. The SMILES string of the molecule is CC(C)C(N)C(=O)N1CCCC1C(=O)NC(CC(N)=O)C(=O)NC(Cc1c[nH]c2ccccc12)C(=O)O. The lowest BCUT2D eigenvalue weighted by Crippen LogP contribution is -2.57. The zero-order valence-electron chi connectivity index (χ0n) is 20.9. The molecule has 2 heterocycles. The van der Waals surface area contributed by atoms with Gasteiger partial charge in [-0.25, -0.2) is 4.79 Å². The van der Waals surface area contributed by atoms with Crippen LogP contribution in [0.3, 0.4) is 0 Å². The molecule has 1 aromatic heterocycles. The van der Waals surface area contributed by atoms with E-state index < -0.39 is 54.3 Å². The highest BCUT2D eigenvalue weighted by atomic mass is 16.4. The van der Waals surface area contributed by atoms with Gasteiger partial charge in [0, 0.05) is 30.1 Å². The second-order valence-corrected chi connectivity index (χ2v) is 9.65. The number of carbonyl (C=O) groups is 5. The van der Waals surface area contributed by atoms with Crippen molar-refractivity contribution >= 4 is 40.5 Å². The standard InChI is InChI=1S/C25H34N6O6/c1-13(2)21(27)24(35)31-9-5-8-19(31)23(34)29-17(11-20(26)32)22(33)30-18(25(36)37)10-14-12-28-16-7-4-3-6-15(14)16/h3-4,6-7,12-13,17-19,21,28H,5,8-11,27H2,1-2H3,(H2,26,32)(H,29,34)(H,30,33)(H,36,37). The monoisotopic (exact) mass is 514 g/mol. The van der Waals surface area contributed by atoms with E-state index in [-0.39, 0.29) is 18.2 Å². The minimum absolute atomic E-state index is 0.0275. The average molecular weight is 515 g/mol. The van der Waals surface area contributed by atoms with Crippen LogP contribution in [0, 0.1) is 5.92 Å². The number of likely N-dealkylation sites (tertiary alicyclic amines) is 1. The molecule has 0 saturated carbocycles. The zero-order chi connectivity index (χ0) is 27.3. The third kappa shape index (κ3) is 6.64. The molecule has 4 unspecified atom stereocenters. The van der Waals surface area contributed by atoms with Crippen molar-refractivity contribution in [3.8, 4) is 0 Å². The summed E-state index contributed by atoms with van der Waals surface area (Å²) in [4.78, 5) is 66.9. The van der Waals surface area contributed by atoms with Gasteiger partial charge in [0.15, 0.2) is 0 Å². The molecule has 37 heavy (non-hydrogen) atoms. The fourth-order valence-corrected chi connectivity index (χ4v) is 4.45. The number of H-pyrrole nitrogens is 1. The molecular formula is C25H34N6O6. The average Bonchev–Trinajstić information content (AvgIpc) is 3.49. The number of hydrogen-bond acceptors (Lipinski definition) is 6. The van der Waals surface area contributed by atoms with E-state index in [1.807, 2.05) is 24.3 Å². The smallest absolute Gasteiger partial charge is 0.326 e. The van der Waals surface area contributed by atoms with Gasteiger partial charge >= 0.3 is 5.97 Å². The van der Waals surface area contributed by atoms with E-state index in [1.165, 1.54) is 4.90 Å². The Hall–Kier alpha value is -3.93. The molecular weight excluding hydrogens is 480 g/mol. The number of hydrogen-bond donors (Lipinski definition) is 6. The van der Waals surface area contributed by atoms with Gasteiger partial charge in [-0.15, -0.1) is 0 Å². The number of amides is 4. The van der Waals surface area contributed by atoms with Crippen LogP contribution < -0.4 is 22.1 Å². The lowest BCUT2D eigenvalue weighted by atomic mass is 10.0. The first kappa shape index (κ1) is 27.7. The van der Waals surface area contributed by atoms with Gasteiger partial charge in [-0.3, -0.25) is 19.2 Å². The summed E-state index contributed by atoms with van der Waals surface area (Å²) in [6.07, 6.45) is 2.05. The van der Waals surface area contributed by atoms with Gasteiger partial charge in [-0.05, 0) is 30.4 Å². The first-order valence-electron chi connectivity index (χ1n) is 12.2. The van der Waals surface area contributed by atoms with E-state index in [9.17, 15) is 29.1 Å². The fraction of sp³-hybridized carbons (Fsp3) is 0.480. The van der Waals surface area contributed by atoms with Crippen molar-refractivity contribution < 1.29 is 29.1 Å². The summed E-state index contributed by atoms with van der Waals surface area (Å²) in [6, 6.07) is 2.96. The molecule has 0 bridgehead atoms. The van der Waals surface area contributed by atoms with Crippen LogP contribution in [0.5, 0.6) is 0 Å². The number of para-hydroxylation sites is 1. The zero-order valence-corrected chi connectivity index (χ0v) is 20.9. The van der Waals surface area contributed by atoms with Crippen LogP contribution in [-0.4, -0.2) is 75.3 Å². The van der Waals surface area contributed by atoms with Crippen LogP contribution in [0.2, 0.25) is 0 Å². The van der Waals surface area contributed by atoms with E-state index in [0.717, 1.165) is 10.9 Å². The number of aliphatic carboxylic acids is 1. The fourth-order valence-electron chi connectivity index (χ4n) is 4.45. The van der Waals surface area contributed by atoms with Crippen LogP contribution in [0.25, 0.3) is 10.9 Å². The molecule has 0 radical (unpaired) electrons. The van der Waals surface area contributed by atoms with Crippen molar-refractivity contribution in [3.63, 3.8) is 0 Å². The molecule has 0 spiro atoms. The van der Waals surface area contributed by atoms with Crippen molar-refractivity contribution in [2.45, 2.75) is 63.7 Å². The summed E-state index contributed by atoms with van der Waals surface area (Å²) in [7, 11) is 0. The lowest BCUT2D eigenvalue weighted by Gasteiger charge is -2.29. The highest BCUT2D eigenvalue weighted by Crippen LogP contribution is 2.21. The lowest BCUT2D eigenvalue weighted by molar-refractivity contribution is -0.143. The first-order chi connectivity index (χ1) is 17.5. The Morgan fingerprint density at radius 2 is 1.84 bits per heavy atom. The highest BCUT2D eigenvalue weighted by Gasteiger charge is 2.38. The van der Waals surface area contributed by atoms with E-state index >= 15 is 0 Å². The van der Waals surface area contributed by atoms with Crippen LogP contribution in [0.1, 0.15) is 38.7 Å². The molecule has 0 aliphatic carbocycles. The largest absolute Gasteiger partial charge is 0.480 e. The van der Waals surface area contributed by atoms with Crippen LogP contribution in [0.4, 0.5) is 0 Å². The number of benzene rings is 1. The van der Waals surface area contributed by atoms with Gasteiger partial charge in [0.1, 0.15) is 18.1 Å². The Bertz CT molecular complexity index is 1180. The number of nitrogens with zero attached hydrogens (tertiary/aromatic N) is 1. The van der Waals surface area contributed by atoms with Crippen LogP contribution in [-0.2, 0) is 30.4 Å². The summed E-state index contributed by atoms with van der Waals surface area (Å²) in [6.45, 7) is 3.95. The number of aromatic nitrogens is 1. The Balaban J connectivity index is 1.73. The third-order valence-corrected chi connectivity index (χ3v) is 6.59. The Kier molecular flexibility index (Phi) is 8.87. The molecule has 1 fully saturated rings.